The SMILES string of the molecule is Cc1ccnc(NCCc2nncn2C)c1C(N)=S. The van der Waals surface area contributed by atoms with E-state index in [9.17, 15) is 0 Å². The molecule has 0 atom stereocenters. The third-order valence-electron chi connectivity index (χ3n) is 2.85. The normalized spacial score (nSPS) is 10.4. The first kappa shape index (κ1) is 13.4. The Hall–Kier alpha value is -2.02. The first-order chi connectivity index (χ1) is 9.09. The average molecular weight is 276 g/mol. The van der Waals surface area contributed by atoms with Crippen LogP contribution in [-0.2, 0) is 13.5 Å². The Bertz CT molecular complexity index is 592. The lowest BCUT2D eigenvalue weighted by atomic mass is 10.1. The van der Waals surface area contributed by atoms with E-state index < -0.39 is 0 Å². The fraction of sp³-hybridized carbons (Fsp3) is 0.333. The molecular formula is C12H16N6S. The van der Waals surface area contributed by atoms with Crippen LogP contribution in [0.4, 0.5) is 5.82 Å². The summed E-state index contributed by atoms with van der Waals surface area (Å²) in [6, 6.07) is 1.89. The van der Waals surface area contributed by atoms with Crippen LogP contribution in [0.1, 0.15) is 17.0 Å². The highest BCUT2D eigenvalue weighted by Gasteiger charge is 2.09. The van der Waals surface area contributed by atoms with Crippen LogP contribution in [-0.4, -0.2) is 31.3 Å². The van der Waals surface area contributed by atoms with Gasteiger partial charge in [-0.05, 0) is 18.6 Å². The number of hydrogen-bond donors (Lipinski definition) is 2. The van der Waals surface area contributed by atoms with Gasteiger partial charge in [-0.1, -0.05) is 12.2 Å². The Morgan fingerprint density at radius 2 is 2.32 bits per heavy atom. The van der Waals surface area contributed by atoms with Gasteiger partial charge in [0.15, 0.2) is 0 Å². The second-order valence-electron chi connectivity index (χ2n) is 4.25. The van der Waals surface area contributed by atoms with Gasteiger partial charge in [-0.3, -0.25) is 0 Å². The summed E-state index contributed by atoms with van der Waals surface area (Å²) in [4.78, 5) is 4.63. The van der Waals surface area contributed by atoms with Gasteiger partial charge in [-0.25, -0.2) is 4.98 Å². The van der Waals surface area contributed by atoms with Gasteiger partial charge in [0.05, 0.1) is 5.56 Å². The second-order valence-corrected chi connectivity index (χ2v) is 4.69. The first-order valence-corrected chi connectivity index (χ1v) is 6.32. The Balaban J connectivity index is 2.06. The Morgan fingerprint density at radius 1 is 1.53 bits per heavy atom. The molecule has 0 fully saturated rings. The molecule has 0 saturated carbocycles. The molecule has 2 heterocycles. The molecule has 0 unspecified atom stereocenters. The van der Waals surface area contributed by atoms with Crippen LogP contribution in [0.15, 0.2) is 18.6 Å². The van der Waals surface area contributed by atoms with E-state index in [0.29, 0.717) is 11.5 Å². The van der Waals surface area contributed by atoms with Gasteiger partial charge in [0.1, 0.15) is 23.0 Å². The molecule has 2 rings (SSSR count). The lowest BCUT2D eigenvalue weighted by molar-refractivity contribution is 0.787. The molecule has 7 heteroatoms. The lowest BCUT2D eigenvalue weighted by Gasteiger charge is -2.11. The largest absolute Gasteiger partial charge is 0.389 e. The van der Waals surface area contributed by atoms with E-state index in [-0.39, 0.29) is 0 Å². The zero-order chi connectivity index (χ0) is 13.8. The highest BCUT2D eigenvalue weighted by Crippen LogP contribution is 2.16. The zero-order valence-corrected chi connectivity index (χ0v) is 11.7. The molecule has 19 heavy (non-hydrogen) atoms. The summed E-state index contributed by atoms with van der Waals surface area (Å²) in [5.41, 5.74) is 7.55. The summed E-state index contributed by atoms with van der Waals surface area (Å²) in [5.74, 6) is 1.63. The van der Waals surface area contributed by atoms with Gasteiger partial charge in [-0.2, -0.15) is 0 Å². The van der Waals surface area contributed by atoms with Crippen molar-refractivity contribution in [1.82, 2.24) is 19.7 Å². The van der Waals surface area contributed by atoms with Crippen molar-refractivity contribution in [3.05, 3.63) is 35.5 Å². The van der Waals surface area contributed by atoms with Crippen LogP contribution in [0.5, 0.6) is 0 Å². The molecule has 2 aromatic rings. The second kappa shape index (κ2) is 5.75. The summed E-state index contributed by atoms with van der Waals surface area (Å²) in [6.07, 6.45) is 4.17. The number of anilines is 1. The van der Waals surface area contributed by atoms with Crippen LogP contribution < -0.4 is 11.1 Å². The minimum atomic E-state index is 0.353. The van der Waals surface area contributed by atoms with Crippen molar-refractivity contribution in [2.75, 3.05) is 11.9 Å². The molecule has 0 radical (unpaired) electrons. The number of nitrogens with zero attached hydrogens (tertiary/aromatic N) is 4. The number of aromatic nitrogens is 4. The zero-order valence-electron chi connectivity index (χ0n) is 10.9. The smallest absolute Gasteiger partial charge is 0.136 e. The number of thiocarbonyl (C=S) groups is 1. The summed E-state index contributed by atoms with van der Waals surface area (Å²) in [5, 5.41) is 11.1. The number of aryl methyl sites for hydroxylation is 2. The van der Waals surface area contributed by atoms with E-state index in [4.69, 9.17) is 18.0 Å². The Kier molecular flexibility index (Phi) is 4.06. The Morgan fingerprint density at radius 3 is 2.95 bits per heavy atom. The molecule has 100 valence electrons. The van der Waals surface area contributed by atoms with Gasteiger partial charge >= 0.3 is 0 Å². The number of pyridine rings is 1. The molecule has 3 N–H and O–H groups in total. The summed E-state index contributed by atoms with van der Waals surface area (Å²) >= 11 is 5.06. The minimum absolute atomic E-state index is 0.353. The molecule has 0 spiro atoms. The minimum Gasteiger partial charge on any atom is -0.389 e. The molecule has 0 amide bonds. The van der Waals surface area contributed by atoms with E-state index in [2.05, 4.69) is 20.5 Å². The van der Waals surface area contributed by atoms with Crippen LogP contribution in [0.2, 0.25) is 0 Å². The summed E-state index contributed by atoms with van der Waals surface area (Å²) in [7, 11) is 1.92. The first-order valence-electron chi connectivity index (χ1n) is 5.91. The molecule has 0 aliphatic heterocycles. The van der Waals surface area contributed by atoms with E-state index in [1.54, 1.807) is 12.5 Å². The molecule has 6 nitrogen and oxygen atoms in total. The molecular weight excluding hydrogens is 260 g/mol. The topological polar surface area (TPSA) is 81.7 Å². The third kappa shape index (κ3) is 3.05. The summed E-state index contributed by atoms with van der Waals surface area (Å²) < 4.78 is 1.89. The van der Waals surface area contributed by atoms with Gasteiger partial charge in [0, 0.05) is 26.2 Å². The van der Waals surface area contributed by atoms with E-state index in [1.807, 2.05) is 24.6 Å². The molecule has 0 bridgehead atoms. The number of nitrogens with one attached hydrogen (secondary N) is 1. The number of rotatable bonds is 5. The maximum absolute atomic E-state index is 5.73. The van der Waals surface area contributed by atoms with Crippen molar-refractivity contribution >= 4 is 23.0 Å². The number of nitrogens with two attached hydrogens (primary N) is 1. The molecule has 0 saturated heterocycles. The van der Waals surface area contributed by atoms with Crippen molar-refractivity contribution in [2.45, 2.75) is 13.3 Å². The Labute approximate surface area is 117 Å². The van der Waals surface area contributed by atoms with Crippen molar-refractivity contribution < 1.29 is 0 Å². The number of hydrogen-bond acceptors (Lipinski definition) is 5. The monoisotopic (exact) mass is 276 g/mol. The van der Waals surface area contributed by atoms with Crippen molar-refractivity contribution in [3.63, 3.8) is 0 Å². The molecule has 0 aliphatic carbocycles. The van der Waals surface area contributed by atoms with Crippen LogP contribution in [0.25, 0.3) is 0 Å². The van der Waals surface area contributed by atoms with Crippen molar-refractivity contribution in [2.24, 2.45) is 12.8 Å². The highest BCUT2D eigenvalue weighted by molar-refractivity contribution is 7.80. The predicted octanol–water partition coefficient (Wildman–Crippen LogP) is 0.807. The predicted molar refractivity (Wildman–Crippen MR) is 78.1 cm³/mol. The fourth-order valence-electron chi connectivity index (χ4n) is 1.83. The summed E-state index contributed by atoms with van der Waals surface area (Å²) in [6.45, 7) is 2.66. The highest BCUT2D eigenvalue weighted by atomic mass is 32.1. The average Bonchev–Trinajstić information content (AvgIpc) is 2.75. The van der Waals surface area contributed by atoms with Crippen molar-refractivity contribution in [1.29, 1.82) is 0 Å². The van der Waals surface area contributed by atoms with Crippen LogP contribution in [0, 0.1) is 6.92 Å². The van der Waals surface area contributed by atoms with Gasteiger partial charge in [0.25, 0.3) is 0 Å². The van der Waals surface area contributed by atoms with E-state index in [1.165, 1.54) is 0 Å². The van der Waals surface area contributed by atoms with Gasteiger partial charge < -0.3 is 15.6 Å². The van der Waals surface area contributed by atoms with E-state index >= 15 is 0 Å². The van der Waals surface area contributed by atoms with Crippen LogP contribution >= 0.6 is 12.2 Å². The van der Waals surface area contributed by atoms with Crippen molar-refractivity contribution in [3.8, 4) is 0 Å². The quantitative estimate of drug-likeness (QED) is 0.786. The van der Waals surface area contributed by atoms with Crippen LogP contribution in [0.3, 0.4) is 0 Å². The molecule has 2 aromatic heterocycles. The van der Waals surface area contributed by atoms with E-state index in [0.717, 1.165) is 29.2 Å². The lowest BCUT2D eigenvalue weighted by Crippen LogP contribution is -2.17. The standard InChI is InChI=1S/C12H16N6S/c1-8-3-5-14-12(10(8)11(13)19)15-6-4-9-17-16-7-18(9)2/h3,5,7H,4,6H2,1-2H3,(H2,13,19)(H,14,15). The maximum atomic E-state index is 5.73. The molecule has 0 aromatic carbocycles. The molecule has 0 aliphatic rings. The third-order valence-corrected chi connectivity index (χ3v) is 3.06. The maximum Gasteiger partial charge on any atom is 0.136 e. The van der Waals surface area contributed by atoms with Gasteiger partial charge in [0.2, 0.25) is 0 Å². The fourth-order valence-corrected chi connectivity index (χ4v) is 2.09. The van der Waals surface area contributed by atoms with Gasteiger partial charge in [-0.15, -0.1) is 10.2 Å².